The lowest BCUT2D eigenvalue weighted by atomic mass is 10.1. The minimum absolute atomic E-state index is 0.0596. The van der Waals surface area contributed by atoms with Crippen LogP contribution in [0.3, 0.4) is 0 Å². The number of hydrogen-bond acceptors (Lipinski definition) is 3. The van der Waals surface area contributed by atoms with Crippen molar-refractivity contribution in [1.82, 2.24) is 0 Å². The fraction of sp³-hybridized carbons (Fsp3) is 0.0667. The van der Waals surface area contributed by atoms with E-state index in [9.17, 15) is 22.8 Å². The molecule has 0 aliphatic heterocycles. The van der Waals surface area contributed by atoms with Crippen LogP contribution < -0.4 is 10.1 Å². The Morgan fingerprint density at radius 1 is 0.957 bits per heavy atom. The van der Waals surface area contributed by atoms with Crippen molar-refractivity contribution in [2.75, 3.05) is 5.32 Å². The first-order valence-corrected chi connectivity index (χ1v) is 6.26. The molecule has 2 aromatic carbocycles. The highest BCUT2D eigenvalue weighted by Gasteiger charge is 2.31. The number of carbonyl (C=O) groups is 2. The van der Waals surface area contributed by atoms with Crippen molar-refractivity contribution in [3.8, 4) is 5.75 Å². The second-order valence-corrected chi connectivity index (χ2v) is 4.38. The standard InChI is InChI=1S/C15H10F3NO4/c16-15(17,18)23-10-7-5-9(6-8-10)19-13(20)11-3-1-2-4-12(11)14(21)22/h1-8H,(H,19,20)(H,21,22). The molecule has 8 heteroatoms. The van der Waals surface area contributed by atoms with Crippen molar-refractivity contribution in [2.24, 2.45) is 0 Å². The summed E-state index contributed by atoms with van der Waals surface area (Å²) in [6, 6.07) is 10.1. The Morgan fingerprint density at radius 2 is 1.52 bits per heavy atom. The average molecular weight is 325 g/mol. The number of carboxylic acids is 1. The molecule has 0 atom stereocenters. The van der Waals surface area contributed by atoms with Crippen LogP contribution >= 0.6 is 0 Å². The predicted molar refractivity (Wildman–Crippen MR) is 74.5 cm³/mol. The van der Waals surface area contributed by atoms with Crippen LogP contribution in [-0.4, -0.2) is 23.3 Å². The van der Waals surface area contributed by atoms with Crippen molar-refractivity contribution in [3.63, 3.8) is 0 Å². The largest absolute Gasteiger partial charge is 0.573 e. The molecular formula is C15H10F3NO4. The van der Waals surface area contributed by atoms with Crippen molar-refractivity contribution in [3.05, 3.63) is 59.7 Å². The maximum absolute atomic E-state index is 12.1. The maximum atomic E-state index is 12.1. The first kappa shape index (κ1) is 16.3. The van der Waals surface area contributed by atoms with Crippen LogP contribution in [0.4, 0.5) is 18.9 Å². The number of carbonyl (C=O) groups excluding carboxylic acids is 1. The van der Waals surface area contributed by atoms with Crippen LogP contribution in [0.25, 0.3) is 0 Å². The molecule has 1 amide bonds. The van der Waals surface area contributed by atoms with Crippen LogP contribution in [0.2, 0.25) is 0 Å². The third kappa shape index (κ3) is 4.47. The number of aromatic carboxylic acids is 1. The fourth-order valence-corrected chi connectivity index (χ4v) is 1.81. The zero-order chi connectivity index (χ0) is 17.0. The molecule has 0 bridgehead atoms. The van der Waals surface area contributed by atoms with Gasteiger partial charge in [-0.05, 0) is 36.4 Å². The highest BCUT2D eigenvalue weighted by atomic mass is 19.4. The fourth-order valence-electron chi connectivity index (χ4n) is 1.81. The van der Waals surface area contributed by atoms with E-state index in [1.165, 1.54) is 36.4 Å². The molecule has 5 nitrogen and oxygen atoms in total. The van der Waals surface area contributed by atoms with Crippen molar-refractivity contribution < 1.29 is 32.6 Å². The minimum atomic E-state index is -4.80. The van der Waals surface area contributed by atoms with E-state index >= 15 is 0 Å². The molecule has 23 heavy (non-hydrogen) atoms. The van der Waals surface area contributed by atoms with E-state index in [2.05, 4.69) is 10.1 Å². The van der Waals surface area contributed by atoms with Gasteiger partial charge in [0.2, 0.25) is 0 Å². The molecule has 0 spiro atoms. The normalized spacial score (nSPS) is 10.9. The van der Waals surface area contributed by atoms with Gasteiger partial charge in [-0.25, -0.2) is 4.79 Å². The quantitative estimate of drug-likeness (QED) is 0.901. The second kappa shape index (κ2) is 6.39. The van der Waals surface area contributed by atoms with Gasteiger partial charge < -0.3 is 15.2 Å². The highest BCUT2D eigenvalue weighted by Crippen LogP contribution is 2.24. The van der Waals surface area contributed by atoms with Gasteiger partial charge in [-0.3, -0.25) is 4.79 Å². The lowest BCUT2D eigenvalue weighted by molar-refractivity contribution is -0.274. The Morgan fingerprint density at radius 3 is 2.04 bits per heavy atom. The van der Waals surface area contributed by atoms with Crippen LogP contribution in [0.1, 0.15) is 20.7 Å². The van der Waals surface area contributed by atoms with Gasteiger partial charge in [-0.15, -0.1) is 13.2 Å². The number of carboxylic acid groups (broad SMARTS) is 1. The van der Waals surface area contributed by atoms with E-state index in [0.717, 1.165) is 12.1 Å². The van der Waals surface area contributed by atoms with Gasteiger partial charge in [-0.2, -0.15) is 0 Å². The third-order valence-electron chi connectivity index (χ3n) is 2.75. The average Bonchev–Trinajstić information content (AvgIpc) is 2.47. The molecule has 0 unspecified atom stereocenters. The molecule has 2 N–H and O–H groups in total. The monoisotopic (exact) mass is 325 g/mol. The molecule has 2 aromatic rings. The predicted octanol–water partition coefficient (Wildman–Crippen LogP) is 3.54. The Labute approximate surface area is 128 Å². The Kier molecular flexibility index (Phi) is 4.54. The minimum Gasteiger partial charge on any atom is -0.478 e. The van der Waals surface area contributed by atoms with Gasteiger partial charge in [0.05, 0.1) is 11.1 Å². The zero-order valence-corrected chi connectivity index (χ0v) is 11.4. The number of rotatable bonds is 4. The Hall–Kier alpha value is -3.03. The molecular weight excluding hydrogens is 315 g/mol. The molecule has 0 heterocycles. The summed E-state index contributed by atoms with van der Waals surface area (Å²) in [4.78, 5) is 23.1. The summed E-state index contributed by atoms with van der Waals surface area (Å²) in [7, 11) is 0. The smallest absolute Gasteiger partial charge is 0.478 e. The summed E-state index contributed by atoms with van der Waals surface area (Å²) >= 11 is 0. The number of benzene rings is 2. The van der Waals surface area contributed by atoms with Gasteiger partial charge in [0.1, 0.15) is 5.75 Å². The summed E-state index contributed by atoms with van der Waals surface area (Å²) in [5.74, 6) is -2.38. The van der Waals surface area contributed by atoms with Crippen LogP contribution in [0, 0.1) is 0 Å². The topological polar surface area (TPSA) is 75.6 Å². The van der Waals surface area contributed by atoms with Gasteiger partial charge in [-0.1, -0.05) is 12.1 Å². The number of halogens is 3. The number of nitrogens with one attached hydrogen (secondary N) is 1. The number of ether oxygens (including phenoxy) is 1. The highest BCUT2D eigenvalue weighted by molar-refractivity contribution is 6.10. The molecule has 0 radical (unpaired) electrons. The molecule has 120 valence electrons. The first-order chi connectivity index (χ1) is 10.8. The molecule has 0 saturated carbocycles. The van der Waals surface area contributed by atoms with E-state index in [1.807, 2.05) is 0 Å². The molecule has 0 saturated heterocycles. The Bertz CT molecular complexity index is 726. The number of alkyl halides is 3. The first-order valence-electron chi connectivity index (χ1n) is 6.26. The molecule has 0 aliphatic carbocycles. The summed E-state index contributed by atoms with van der Waals surface area (Å²) in [6.07, 6.45) is -4.80. The van der Waals surface area contributed by atoms with Crippen molar-refractivity contribution in [2.45, 2.75) is 6.36 Å². The third-order valence-corrected chi connectivity index (χ3v) is 2.75. The van der Waals surface area contributed by atoms with Crippen molar-refractivity contribution >= 4 is 17.6 Å². The maximum Gasteiger partial charge on any atom is 0.573 e. The van der Waals surface area contributed by atoms with Crippen molar-refractivity contribution in [1.29, 1.82) is 0 Å². The summed E-state index contributed by atoms with van der Waals surface area (Å²) in [6.45, 7) is 0. The number of hydrogen-bond donors (Lipinski definition) is 2. The molecule has 0 aliphatic rings. The van der Waals surface area contributed by atoms with Gasteiger partial charge in [0.15, 0.2) is 0 Å². The molecule has 2 rings (SSSR count). The molecule has 0 fully saturated rings. The van der Waals surface area contributed by atoms with E-state index in [-0.39, 0.29) is 16.8 Å². The van der Waals surface area contributed by atoms with Gasteiger partial charge in [0, 0.05) is 5.69 Å². The SMILES string of the molecule is O=C(O)c1ccccc1C(=O)Nc1ccc(OC(F)(F)F)cc1. The van der Waals surface area contributed by atoms with Gasteiger partial charge >= 0.3 is 12.3 Å². The zero-order valence-electron chi connectivity index (χ0n) is 11.4. The Balaban J connectivity index is 2.14. The van der Waals surface area contributed by atoms with E-state index in [4.69, 9.17) is 5.11 Å². The van der Waals surface area contributed by atoms with Crippen LogP contribution in [-0.2, 0) is 0 Å². The van der Waals surface area contributed by atoms with E-state index < -0.39 is 24.0 Å². The lowest BCUT2D eigenvalue weighted by Crippen LogP contribution is -2.17. The second-order valence-electron chi connectivity index (χ2n) is 4.38. The van der Waals surface area contributed by atoms with Gasteiger partial charge in [0.25, 0.3) is 5.91 Å². The lowest BCUT2D eigenvalue weighted by Gasteiger charge is -2.10. The summed E-state index contributed by atoms with van der Waals surface area (Å²) < 4.78 is 39.8. The molecule has 0 aromatic heterocycles. The number of anilines is 1. The number of amides is 1. The van der Waals surface area contributed by atoms with E-state index in [1.54, 1.807) is 0 Å². The van der Waals surface area contributed by atoms with Crippen LogP contribution in [0.15, 0.2) is 48.5 Å². The summed E-state index contributed by atoms with van der Waals surface area (Å²) in [5, 5.41) is 11.4. The van der Waals surface area contributed by atoms with E-state index in [0.29, 0.717) is 0 Å². The summed E-state index contributed by atoms with van der Waals surface area (Å²) in [5.41, 5.74) is -0.0395. The van der Waals surface area contributed by atoms with Crippen LogP contribution in [0.5, 0.6) is 5.75 Å².